The summed E-state index contributed by atoms with van der Waals surface area (Å²) in [6, 6.07) is 8.64. The van der Waals surface area contributed by atoms with Crippen LogP contribution in [0.15, 0.2) is 42.7 Å². The molecule has 0 saturated carbocycles. The Hall–Kier alpha value is -2.76. The van der Waals surface area contributed by atoms with E-state index in [1.807, 2.05) is 18.2 Å². The van der Waals surface area contributed by atoms with Crippen molar-refractivity contribution in [1.29, 1.82) is 0 Å². The van der Waals surface area contributed by atoms with Gasteiger partial charge >= 0.3 is 5.97 Å². The number of nitrogens with one attached hydrogen (secondary N) is 1. The predicted molar refractivity (Wildman–Crippen MR) is 75.6 cm³/mol. The maximum atomic E-state index is 11.7. The number of rotatable bonds is 6. The summed E-state index contributed by atoms with van der Waals surface area (Å²) < 4.78 is 0. The highest BCUT2D eigenvalue weighted by molar-refractivity contribution is 5.85. The number of aromatic carboxylic acids is 1. The lowest BCUT2D eigenvalue weighted by molar-refractivity contribution is -0.121. The van der Waals surface area contributed by atoms with Gasteiger partial charge in [0.2, 0.25) is 5.91 Å². The molecule has 0 bridgehead atoms. The standard InChI is InChI=1S/C15H15N3O3/c19-14(7-5-12-3-1-2-8-16-12)18-10-11-4-6-13(15(20)21)17-9-11/h1-4,6,8-9H,5,7,10H2,(H,18,19)(H,20,21). The zero-order chi connectivity index (χ0) is 15.1. The molecule has 2 rings (SSSR count). The number of hydrogen-bond acceptors (Lipinski definition) is 4. The maximum Gasteiger partial charge on any atom is 0.354 e. The van der Waals surface area contributed by atoms with Gasteiger partial charge in [0.25, 0.3) is 0 Å². The van der Waals surface area contributed by atoms with Crippen LogP contribution in [0.25, 0.3) is 0 Å². The fraction of sp³-hybridized carbons (Fsp3) is 0.200. The molecule has 0 unspecified atom stereocenters. The zero-order valence-electron chi connectivity index (χ0n) is 11.3. The first-order valence-electron chi connectivity index (χ1n) is 6.50. The number of carbonyl (C=O) groups excluding carboxylic acids is 1. The molecular formula is C15H15N3O3. The van der Waals surface area contributed by atoms with Gasteiger partial charge in [-0.3, -0.25) is 9.78 Å². The van der Waals surface area contributed by atoms with E-state index in [9.17, 15) is 9.59 Å². The minimum Gasteiger partial charge on any atom is -0.477 e. The van der Waals surface area contributed by atoms with Crippen LogP contribution in [-0.4, -0.2) is 27.0 Å². The van der Waals surface area contributed by atoms with Gasteiger partial charge in [0.1, 0.15) is 5.69 Å². The Labute approximate surface area is 121 Å². The molecule has 0 aliphatic heterocycles. The summed E-state index contributed by atoms with van der Waals surface area (Å²) in [5.74, 6) is -1.15. The first kappa shape index (κ1) is 14.6. The fourth-order valence-corrected chi connectivity index (χ4v) is 1.73. The van der Waals surface area contributed by atoms with E-state index in [4.69, 9.17) is 5.11 Å². The number of aromatic nitrogens is 2. The largest absolute Gasteiger partial charge is 0.477 e. The molecule has 108 valence electrons. The molecular weight excluding hydrogens is 270 g/mol. The summed E-state index contributed by atoms with van der Waals surface area (Å²) in [6.07, 6.45) is 4.09. The minimum absolute atomic E-state index is 0.0137. The Kier molecular flexibility index (Phi) is 4.98. The van der Waals surface area contributed by atoms with Crippen molar-refractivity contribution < 1.29 is 14.7 Å². The second-order valence-corrected chi connectivity index (χ2v) is 4.45. The summed E-state index contributed by atoms with van der Waals surface area (Å²) >= 11 is 0. The van der Waals surface area contributed by atoms with Gasteiger partial charge < -0.3 is 10.4 Å². The van der Waals surface area contributed by atoms with E-state index in [1.165, 1.54) is 12.3 Å². The van der Waals surface area contributed by atoms with Crippen molar-refractivity contribution in [2.75, 3.05) is 0 Å². The number of pyridine rings is 2. The molecule has 1 amide bonds. The lowest BCUT2D eigenvalue weighted by Crippen LogP contribution is -2.23. The van der Waals surface area contributed by atoms with Crippen LogP contribution in [0.1, 0.15) is 28.2 Å². The number of carboxylic acids is 1. The molecule has 6 nitrogen and oxygen atoms in total. The van der Waals surface area contributed by atoms with E-state index in [1.54, 1.807) is 12.3 Å². The lowest BCUT2D eigenvalue weighted by Gasteiger charge is -2.05. The summed E-state index contributed by atoms with van der Waals surface area (Å²) in [7, 11) is 0. The third-order valence-electron chi connectivity index (χ3n) is 2.87. The van der Waals surface area contributed by atoms with Crippen molar-refractivity contribution in [2.45, 2.75) is 19.4 Å². The zero-order valence-corrected chi connectivity index (χ0v) is 11.3. The van der Waals surface area contributed by atoms with Crippen LogP contribution in [0.5, 0.6) is 0 Å². The number of nitrogens with zero attached hydrogens (tertiary/aromatic N) is 2. The smallest absolute Gasteiger partial charge is 0.354 e. The van der Waals surface area contributed by atoms with Gasteiger partial charge in [0.15, 0.2) is 0 Å². The monoisotopic (exact) mass is 285 g/mol. The molecule has 21 heavy (non-hydrogen) atoms. The number of aryl methyl sites for hydroxylation is 1. The molecule has 0 aromatic carbocycles. The Morgan fingerprint density at radius 3 is 2.62 bits per heavy atom. The number of carboxylic acid groups (broad SMARTS) is 1. The molecule has 0 spiro atoms. The Morgan fingerprint density at radius 2 is 2.00 bits per heavy atom. The van der Waals surface area contributed by atoms with Crippen LogP contribution in [0.2, 0.25) is 0 Å². The van der Waals surface area contributed by atoms with E-state index < -0.39 is 5.97 Å². The van der Waals surface area contributed by atoms with E-state index in [0.29, 0.717) is 19.4 Å². The highest BCUT2D eigenvalue weighted by Crippen LogP contribution is 2.01. The molecule has 0 saturated heterocycles. The summed E-state index contributed by atoms with van der Waals surface area (Å²) in [4.78, 5) is 30.3. The van der Waals surface area contributed by atoms with Crippen LogP contribution in [0, 0.1) is 0 Å². The van der Waals surface area contributed by atoms with Crippen LogP contribution >= 0.6 is 0 Å². The van der Waals surface area contributed by atoms with E-state index >= 15 is 0 Å². The third-order valence-corrected chi connectivity index (χ3v) is 2.87. The van der Waals surface area contributed by atoms with E-state index in [0.717, 1.165) is 11.3 Å². The van der Waals surface area contributed by atoms with Crippen molar-refractivity contribution in [3.05, 3.63) is 59.7 Å². The van der Waals surface area contributed by atoms with Crippen molar-refractivity contribution in [1.82, 2.24) is 15.3 Å². The van der Waals surface area contributed by atoms with Gasteiger partial charge in [0, 0.05) is 31.1 Å². The summed E-state index contributed by atoms with van der Waals surface area (Å²) in [5.41, 5.74) is 1.62. The van der Waals surface area contributed by atoms with Gasteiger partial charge in [-0.1, -0.05) is 12.1 Å². The first-order valence-corrected chi connectivity index (χ1v) is 6.50. The molecule has 0 atom stereocenters. The highest BCUT2D eigenvalue weighted by atomic mass is 16.4. The molecule has 2 aromatic rings. The molecule has 2 aromatic heterocycles. The minimum atomic E-state index is -1.07. The van der Waals surface area contributed by atoms with Crippen molar-refractivity contribution in [3.63, 3.8) is 0 Å². The molecule has 2 N–H and O–H groups in total. The molecule has 0 fully saturated rings. The molecule has 0 aliphatic carbocycles. The Bertz CT molecular complexity index is 612. The topological polar surface area (TPSA) is 92.2 Å². The quantitative estimate of drug-likeness (QED) is 0.837. The van der Waals surface area contributed by atoms with Gasteiger partial charge in [-0.05, 0) is 30.2 Å². The van der Waals surface area contributed by atoms with E-state index in [-0.39, 0.29) is 11.6 Å². The SMILES string of the molecule is O=C(CCc1ccccn1)NCc1ccc(C(=O)O)nc1. The van der Waals surface area contributed by atoms with Gasteiger partial charge in [-0.15, -0.1) is 0 Å². The molecule has 0 aliphatic rings. The van der Waals surface area contributed by atoms with Crippen molar-refractivity contribution in [2.24, 2.45) is 0 Å². The fourth-order valence-electron chi connectivity index (χ4n) is 1.73. The predicted octanol–water partition coefficient (Wildman–Crippen LogP) is 1.42. The van der Waals surface area contributed by atoms with Gasteiger partial charge in [-0.25, -0.2) is 9.78 Å². The number of carbonyl (C=O) groups is 2. The number of hydrogen-bond donors (Lipinski definition) is 2. The average molecular weight is 285 g/mol. The maximum absolute atomic E-state index is 11.7. The highest BCUT2D eigenvalue weighted by Gasteiger charge is 2.05. The molecule has 2 heterocycles. The van der Waals surface area contributed by atoms with Crippen LogP contribution in [-0.2, 0) is 17.8 Å². The number of amides is 1. The third kappa shape index (κ3) is 4.68. The van der Waals surface area contributed by atoms with Crippen molar-refractivity contribution >= 4 is 11.9 Å². The normalized spacial score (nSPS) is 10.1. The van der Waals surface area contributed by atoms with E-state index in [2.05, 4.69) is 15.3 Å². The van der Waals surface area contributed by atoms with Crippen LogP contribution in [0.4, 0.5) is 0 Å². The summed E-state index contributed by atoms with van der Waals surface area (Å²) in [6.45, 7) is 0.327. The van der Waals surface area contributed by atoms with Gasteiger partial charge in [-0.2, -0.15) is 0 Å². The first-order chi connectivity index (χ1) is 10.1. The summed E-state index contributed by atoms with van der Waals surface area (Å²) in [5, 5.41) is 11.5. The Balaban J connectivity index is 1.77. The Morgan fingerprint density at radius 1 is 1.14 bits per heavy atom. The van der Waals surface area contributed by atoms with Gasteiger partial charge in [0.05, 0.1) is 0 Å². The van der Waals surface area contributed by atoms with Crippen LogP contribution < -0.4 is 5.32 Å². The average Bonchev–Trinajstić information content (AvgIpc) is 2.52. The second-order valence-electron chi connectivity index (χ2n) is 4.45. The second kappa shape index (κ2) is 7.14. The molecule has 6 heteroatoms. The molecule has 0 radical (unpaired) electrons. The van der Waals surface area contributed by atoms with Crippen molar-refractivity contribution in [3.8, 4) is 0 Å². The lowest BCUT2D eigenvalue weighted by atomic mass is 10.2. The van der Waals surface area contributed by atoms with Crippen LogP contribution in [0.3, 0.4) is 0 Å².